The molecule has 90 valence electrons. The molecule has 0 saturated heterocycles. The Labute approximate surface area is 110 Å². The van der Waals surface area contributed by atoms with Crippen molar-refractivity contribution < 1.29 is 0 Å². The van der Waals surface area contributed by atoms with E-state index in [9.17, 15) is 0 Å². The second-order valence-corrected chi connectivity index (χ2v) is 5.05. The van der Waals surface area contributed by atoms with Gasteiger partial charge in [-0.1, -0.05) is 28.1 Å². The number of hydrogen-bond acceptors (Lipinski definition) is 2. The third kappa shape index (κ3) is 2.58. The molecule has 0 fully saturated rings. The maximum absolute atomic E-state index is 5.66. The highest BCUT2D eigenvalue weighted by Gasteiger charge is 2.10. The third-order valence-electron chi connectivity index (χ3n) is 2.95. The maximum atomic E-state index is 5.66. The summed E-state index contributed by atoms with van der Waals surface area (Å²) < 4.78 is 3.20. The monoisotopic (exact) mass is 293 g/mol. The lowest BCUT2D eigenvalue weighted by atomic mass is 10.1. The quantitative estimate of drug-likeness (QED) is 0.945. The van der Waals surface area contributed by atoms with E-state index in [-0.39, 0.29) is 0 Å². The zero-order chi connectivity index (χ0) is 12.4. The van der Waals surface area contributed by atoms with E-state index in [1.807, 2.05) is 20.0 Å². The Bertz CT molecular complexity index is 531. The molecular weight excluding hydrogens is 278 g/mol. The summed E-state index contributed by atoms with van der Waals surface area (Å²) >= 11 is 3.49. The van der Waals surface area contributed by atoms with Gasteiger partial charge in [-0.05, 0) is 24.6 Å². The molecule has 0 aliphatic heterocycles. The Morgan fingerprint density at radius 1 is 1.41 bits per heavy atom. The van der Waals surface area contributed by atoms with E-state index in [4.69, 9.17) is 5.73 Å². The van der Waals surface area contributed by atoms with Crippen molar-refractivity contribution in [1.29, 1.82) is 0 Å². The minimum atomic E-state index is 0.482. The number of nitrogens with zero attached hydrogens (tertiary/aromatic N) is 2. The van der Waals surface area contributed by atoms with Crippen molar-refractivity contribution in [1.82, 2.24) is 9.55 Å². The smallest absolute Gasteiger partial charge is 0.122 e. The summed E-state index contributed by atoms with van der Waals surface area (Å²) in [5, 5.41) is 0. The van der Waals surface area contributed by atoms with Crippen LogP contribution in [0.3, 0.4) is 0 Å². The van der Waals surface area contributed by atoms with Crippen molar-refractivity contribution in [3.8, 4) is 0 Å². The molecule has 2 N–H and O–H groups in total. The molecule has 0 atom stereocenters. The molecule has 2 aromatic rings. The predicted octanol–water partition coefficient (Wildman–Crippen LogP) is 2.54. The first-order valence-electron chi connectivity index (χ1n) is 5.57. The largest absolute Gasteiger partial charge is 0.333 e. The van der Waals surface area contributed by atoms with Gasteiger partial charge in [0.25, 0.3) is 0 Å². The van der Waals surface area contributed by atoms with Crippen LogP contribution in [-0.2, 0) is 20.0 Å². The molecule has 0 unspecified atom stereocenters. The molecule has 3 nitrogen and oxygen atoms in total. The number of nitrogens with two attached hydrogens (primary N) is 1. The van der Waals surface area contributed by atoms with Crippen molar-refractivity contribution >= 4 is 15.9 Å². The lowest BCUT2D eigenvalue weighted by Crippen LogP contribution is -2.07. The molecule has 0 amide bonds. The van der Waals surface area contributed by atoms with Gasteiger partial charge in [0, 0.05) is 23.6 Å². The molecule has 2 rings (SSSR count). The second-order valence-electron chi connectivity index (χ2n) is 4.13. The number of imidazole rings is 1. The van der Waals surface area contributed by atoms with Crippen LogP contribution in [0.5, 0.6) is 0 Å². The zero-order valence-electron chi connectivity index (χ0n) is 10.1. The van der Waals surface area contributed by atoms with Gasteiger partial charge in [0.1, 0.15) is 5.82 Å². The molecule has 1 aromatic carbocycles. The van der Waals surface area contributed by atoms with Gasteiger partial charge in [-0.15, -0.1) is 0 Å². The number of halogens is 1. The summed E-state index contributed by atoms with van der Waals surface area (Å²) in [6.45, 7) is 2.52. The molecule has 0 saturated carbocycles. The van der Waals surface area contributed by atoms with Gasteiger partial charge in [-0.2, -0.15) is 0 Å². The lowest BCUT2D eigenvalue weighted by molar-refractivity contribution is 0.760. The lowest BCUT2D eigenvalue weighted by Gasteiger charge is -2.06. The van der Waals surface area contributed by atoms with Crippen LogP contribution in [0, 0.1) is 6.92 Å². The van der Waals surface area contributed by atoms with E-state index in [0.29, 0.717) is 6.54 Å². The van der Waals surface area contributed by atoms with Crippen LogP contribution >= 0.6 is 15.9 Å². The van der Waals surface area contributed by atoms with Crippen LogP contribution in [0.4, 0.5) is 0 Å². The van der Waals surface area contributed by atoms with Crippen LogP contribution in [0.1, 0.15) is 22.8 Å². The molecule has 0 aliphatic carbocycles. The molecule has 4 heteroatoms. The fourth-order valence-corrected chi connectivity index (χ4v) is 2.45. The zero-order valence-corrected chi connectivity index (χ0v) is 11.7. The Morgan fingerprint density at radius 3 is 2.76 bits per heavy atom. The highest BCUT2D eigenvalue weighted by atomic mass is 79.9. The summed E-state index contributed by atoms with van der Waals surface area (Å²) in [5.41, 5.74) is 9.22. The topological polar surface area (TPSA) is 43.8 Å². The van der Waals surface area contributed by atoms with Gasteiger partial charge in [-0.3, -0.25) is 0 Å². The van der Waals surface area contributed by atoms with E-state index in [2.05, 4.69) is 43.7 Å². The van der Waals surface area contributed by atoms with Gasteiger partial charge in [0.15, 0.2) is 0 Å². The summed E-state index contributed by atoms with van der Waals surface area (Å²) in [6, 6.07) is 8.34. The van der Waals surface area contributed by atoms with E-state index in [1.54, 1.807) is 0 Å². The molecule has 1 heterocycles. The fourth-order valence-electron chi connectivity index (χ4n) is 2.00. The van der Waals surface area contributed by atoms with Crippen LogP contribution in [-0.4, -0.2) is 9.55 Å². The molecule has 0 radical (unpaired) electrons. The molecule has 0 bridgehead atoms. The van der Waals surface area contributed by atoms with Gasteiger partial charge in [0.2, 0.25) is 0 Å². The summed E-state index contributed by atoms with van der Waals surface area (Å²) in [5.74, 6) is 0.937. The summed E-state index contributed by atoms with van der Waals surface area (Å²) in [7, 11) is 2.02. The Morgan fingerprint density at radius 2 is 2.18 bits per heavy atom. The average molecular weight is 294 g/mol. The highest BCUT2D eigenvalue weighted by Crippen LogP contribution is 2.18. The maximum Gasteiger partial charge on any atom is 0.122 e. The first-order valence-corrected chi connectivity index (χ1v) is 6.36. The standard InChI is InChI=1S/C13H16BrN3/c1-9-12(17(2)13(8-15)16-9)7-10-4-3-5-11(14)6-10/h3-6H,7-8,15H2,1-2H3. The van der Waals surface area contributed by atoms with E-state index >= 15 is 0 Å². The Kier molecular flexibility index (Phi) is 3.64. The first-order chi connectivity index (χ1) is 8.11. The van der Waals surface area contributed by atoms with E-state index < -0.39 is 0 Å². The molecular formula is C13H16BrN3. The number of hydrogen-bond donors (Lipinski definition) is 1. The molecule has 17 heavy (non-hydrogen) atoms. The van der Waals surface area contributed by atoms with Gasteiger partial charge < -0.3 is 10.3 Å². The fraction of sp³-hybridized carbons (Fsp3) is 0.308. The van der Waals surface area contributed by atoms with Crippen molar-refractivity contribution in [2.75, 3.05) is 0 Å². The Hall–Kier alpha value is -1.13. The highest BCUT2D eigenvalue weighted by molar-refractivity contribution is 9.10. The van der Waals surface area contributed by atoms with Gasteiger partial charge >= 0.3 is 0 Å². The summed E-state index contributed by atoms with van der Waals surface area (Å²) in [4.78, 5) is 4.47. The van der Waals surface area contributed by atoms with E-state index in [0.717, 1.165) is 22.4 Å². The van der Waals surface area contributed by atoms with Crippen LogP contribution in [0.15, 0.2) is 28.7 Å². The van der Waals surface area contributed by atoms with Crippen LogP contribution in [0.2, 0.25) is 0 Å². The minimum absolute atomic E-state index is 0.482. The van der Waals surface area contributed by atoms with Crippen molar-refractivity contribution in [3.05, 3.63) is 51.5 Å². The molecule has 1 aromatic heterocycles. The summed E-state index contributed by atoms with van der Waals surface area (Å²) in [6.07, 6.45) is 0.884. The third-order valence-corrected chi connectivity index (χ3v) is 3.44. The van der Waals surface area contributed by atoms with E-state index in [1.165, 1.54) is 11.3 Å². The molecule has 0 aliphatic rings. The van der Waals surface area contributed by atoms with Crippen molar-refractivity contribution in [2.45, 2.75) is 19.9 Å². The van der Waals surface area contributed by atoms with Crippen LogP contribution < -0.4 is 5.73 Å². The van der Waals surface area contributed by atoms with Crippen LogP contribution in [0.25, 0.3) is 0 Å². The first kappa shape index (κ1) is 12.3. The normalized spacial score (nSPS) is 10.8. The SMILES string of the molecule is Cc1nc(CN)n(C)c1Cc1cccc(Br)c1. The Balaban J connectivity index is 2.33. The van der Waals surface area contributed by atoms with Crippen molar-refractivity contribution in [3.63, 3.8) is 0 Å². The number of benzene rings is 1. The average Bonchev–Trinajstić information content (AvgIpc) is 2.56. The number of aromatic nitrogens is 2. The van der Waals surface area contributed by atoms with Gasteiger partial charge in [-0.25, -0.2) is 4.98 Å². The number of rotatable bonds is 3. The van der Waals surface area contributed by atoms with Gasteiger partial charge in [0.05, 0.1) is 12.2 Å². The predicted molar refractivity (Wildman–Crippen MR) is 72.8 cm³/mol. The van der Waals surface area contributed by atoms with Crippen molar-refractivity contribution in [2.24, 2.45) is 12.8 Å². The molecule has 0 spiro atoms. The minimum Gasteiger partial charge on any atom is -0.333 e. The number of aryl methyl sites for hydroxylation is 1. The second kappa shape index (κ2) is 5.02.